The van der Waals surface area contributed by atoms with Crippen LogP contribution in [0.4, 0.5) is 19.0 Å². The minimum Gasteiger partial charge on any atom is -0.465 e. The fourth-order valence-corrected chi connectivity index (χ4v) is 1.04. The van der Waals surface area contributed by atoms with Crippen molar-refractivity contribution in [1.29, 1.82) is 0 Å². The number of anilines is 1. The van der Waals surface area contributed by atoms with Crippen molar-refractivity contribution in [3.63, 3.8) is 0 Å². The summed E-state index contributed by atoms with van der Waals surface area (Å²) in [4.78, 5) is 11.1. The van der Waals surface area contributed by atoms with E-state index in [1.807, 2.05) is 0 Å². The molecule has 0 unspecified atom stereocenters. The third-order valence-corrected chi connectivity index (χ3v) is 1.75. The van der Waals surface area contributed by atoms with Crippen molar-refractivity contribution in [3.8, 4) is 0 Å². The molecule has 0 aliphatic carbocycles. The number of halogens is 3. The predicted octanol–water partition coefficient (Wildman–Crippen LogP) is 0.808. The first-order chi connectivity index (χ1) is 6.79. The Hall–Kier alpha value is -1.73. The predicted molar refractivity (Wildman–Crippen MR) is 44.0 cm³/mol. The molecule has 0 atom stereocenters. The van der Waals surface area contributed by atoms with E-state index in [-0.39, 0.29) is 5.82 Å². The van der Waals surface area contributed by atoms with E-state index in [2.05, 4.69) is 9.84 Å². The van der Waals surface area contributed by atoms with Crippen LogP contribution in [-0.2, 0) is 18.0 Å². The van der Waals surface area contributed by atoms with Gasteiger partial charge in [0, 0.05) is 7.05 Å². The smallest absolute Gasteiger partial charge is 0.436 e. The Morgan fingerprint density at radius 2 is 2.07 bits per heavy atom. The van der Waals surface area contributed by atoms with E-state index in [0.717, 1.165) is 11.8 Å². The summed E-state index contributed by atoms with van der Waals surface area (Å²) in [6.07, 6.45) is -4.74. The molecule has 0 amide bonds. The van der Waals surface area contributed by atoms with Gasteiger partial charge < -0.3 is 10.5 Å². The molecule has 0 bridgehead atoms. The first-order valence-electron chi connectivity index (χ1n) is 3.77. The second-order valence-electron chi connectivity index (χ2n) is 2.72. The van der Waals surface area contributed by atoms with Gasteiger partial charge in [0.25, 0.3) is 0 Å². The summed E-state index contributed by atoms with van der Waals surface area (Å²) in [5.74, 6) is -1.54. The van der Waals surface area contributed by atoms with Gasteiger partial charge in [-0.2, -0.15) is 18.3 Å². The van der Waals surface area contributed by atoms with Crippen LogP contribution < -0.4 is 5.73 Å². The molecule has 15 heavy (non-hydrogen) atoms. The van der Waals surface area contributed by atoms with E-state index in [1.165, 1.54) is 7.05 Å². The van der Waals surface area contributed by atoms with E-state index in [0.29, 0.717) is 0 Å². The van der Waals surface area contributed by atoms with Gasteiger partial charge in [-0.25, -0.2) is 4.79 Å². The van der Waals surface area contributed by atoms with Crippen LogP contribution >= 0.6 is 0 Å². The highest BCUT2D eigenvalue weighted by Gasteiger charge is 2.41. The third kappa shape index (κ3) is 1.88. The summed E-state index contributed by atoms with van der Waals surface area (Å²) in [5.41, 5.74) is 3.18. The molecule has 0 spiro atoms. The maximum atomic E-state index is 12.4. The van der Waals surface area contributed by atoms with E-state index in [9.17, 15) is 18.0 Å². The number of carbonyl (C=O) groups is 1. The Labute approximate surface area is 82.6 Å². The Bertz CT molecular complexity index is 397. The fourth-order valence-electron chi connectivity index (χ4n) is 1.04. The SMILES string of the molecule is COC(=O)c1c(C(F)(F)F)nn(C)c1N. The first-order valence-corrected chi connectivity index (χ1v) is 3.77. The van der Waals surface area contributed by atoms with Crippen LogP contribution in [0.3, 0.4) is 0 Å². The average molecular weight is 223 g/mol. The topological polar surface area (TPSA) is 70.1 Å². The number of rotatable bonds is 1. The molecular weight excluding hydrogens is 215 g/mol. The van der Waals surface area contributed by atoms with Crippen molar-refractivity contribution < 1.29 is 22.7 Å². The number of hydrogen-bond acceptors (Lipinski definition) is 4. The maximum absolute atomic E-state index is 12.4. The van der Waals surface area contributed by atoms with Crippen LogP contribution in [0.15, 0.2) is 0 Å². The molecule has 0 radical (unpaired) electrons. The van der Waals surface area contributed by atoms with Crippen molar-refractivity contribution in [2.75, 3.05) is 12.8 Å². The quantitative estimate of drug-likeness (QED) is 0.715. The zero-order valence-corrected chi connectivity index (χ0v) is 7.92. The standard InChI is InChI=1S/C7H8F3N3O2/c1-13-5(11)3(6(14)15-2)4(12-13)7(8,9)10/h11H2,1-2H3. The molecular formula is C7H8F3N3O2. The number of aryl methyl sites for hydroxylation is 1. The highest BCUT2D eigenvalue weighted by atomic mass is 19.4. The number of ether oxygens (including phenoxy) is 1. The summed E-state index contributed by atoms with van der Waals surface area (Å²) in [7, 11) is 2.17. The van der Waals surface area contributed by atoms with Gasteiger partial charge in [0.05, 0.1) is 7.11 Å². The number of nitrogens with zero attached hydrogens (tertiary/aromatic N) is 2. The Morgan fingerprint density at radius 3 is 2.47 bits per heavy atom. The van der Waals surface area contributed by atoms with Crippen LogP contribution in [0.2, 0.25) is 0 Å². The fraction of sp³-hybridized carbons (Fsp3) is 0.429. The lowest BCUT2D eigenvalue weighted by Crippen LogP contribution is -2.14. The molecule has 0 saturated heterocycles. The molecule has 0 aliphatic rings. The maximum Gasteiger partial charge on any atom is 0.436 e. The number of methoxy groups -OCH3 is 1. The van der Waals surface area contributed by atoms with Crippen LogP contribution in [-0.4, -0.2) is 22.9 Å². The Morgan fingerprint density at radius 1 is 1.53 bits per heavy atom. The lowest BCUT2D eigenvalue weighted by Gasteiger charge is -2.04. The van der Waals surface area contributed by atoms with Gasteiger partial charge in [0.15, 0.2) is 5.69 Å². The van der Waals surface area contributed by atoms with E-state index in [1.54, 1.807) is 0 Å². The Balaban J connectivity index is 3.40. The van der Waals surface area contributed by atoms with Gasteiger partial charge in [-0.1, -0.05) is 0 Å². The van der Waals surface area contributed by atoms with Crippen molar-refractivity contribution >= 4 is 11.8 Å². The van der Waals surface area contributed by atoms with Crippen molar-refractivity contribution in [2.45, 2.75) is 6.18 Å². The van der Waals surface area contributed by atoms with Gasteiger partial charge in [0.2, 0.25) is 0 Å². The molecule has 1 rings (SSSR count). The Kier molecular flexibility index (Phi) is 2.61. The number of aromatic nitrogens is 2. The molecule has 0 saturated carbocycles. The monoisotopic (exact) mass is 223 g/mol. The summed E-state index contributed by atoms with van der Waals surface area (Å²) in [6.45, 7) is 0. The highest BCUT2D eigenvalue weighted by molar-refractivity contribution is 5.95. The van der Waals surface area contributed by atoms with Gasteiger partial charge in [-0.3, -0.25) is 4.68 Å². The second kappa shape index (κ2) is 3.44. The number of carbonyl (C=O) groups excluding carboxylic acids is 1. The largest absolute Gasteiger partial charge is 0.465 e. The van der Waals surface area contributed by atoms with Crippen LogP contribution in [0, 0.1) is 0 Å². The molecule has 0 aromatic carbocycles. The van der Waals surface area contributed by atoms with Crippen molar-refractivity contribution in [3.05, 3.63) is 11.3 Å². The number of nitrogen functional groups attached to an aromatic ring is 1. The number of nitrogens with two attached hydrogens (primary N) is 1. The molecule has 1 aromatic rings. The van der Waals surface area contributed by atoms with Crippen molar-refractivity contribution in [2.24, 2.45) is 7.05 Å². The van der Waals surface area contributed by atoms with Crippen LogP contribution in [0.5, 0.6) is 0 Å². The second-order valence-corrected chi connectivity index (χ2v) is 2.72. The first kappa shape index (κ1) is 11.3. The zero-order valence-electron chi connectivity index (χ0n) is 7.92. The molecule has 84 valence electrons. The van der Waals surface area contributed by atoms with Gasteiger partial charge >= 0.3 is 12.1 Å². The van der Waals surface area contributed by atoms with E-state index < -0.39 is 23.4 Å². The lowest BCUT2D eigenvalue weighted by atomic mass is 10.2. The van der Waals surface area contributed by atoms with Crippen molar-refractivity contribution in [1.82, 2.24) is 9.78 Å². The van der Waals surface area contributed by atoms with E-state index in [4.69, 9.17) is 5.73 Å². The third-order valence-electron chi connectivity index (χ3n) is 1.75. The highest BCUT2D eigenvalue weighted by Crippen LogP contribution is 2.33. The molecule has 1 aromatic heterocycles. The number of alkyl halides is 3. The summed E-state index contributed by atoms with van der Waals surface area (Å²) >= 11 is 0. The van der Waals surface area contributed by atoms with Crippen LogP contribution in [0.25, 0.3) is 0 Å². The molecule has 1 heterocycles. The van der Waals surface area contributed by atoms with Gasteiger partial charge in [-0.05, 0) is 0 Å². The minimum atomic E-state index is -4.74. The summed E-state index contributed by atoms with van der Waals surface area (Å²) < 4.78 is 42.2. The minimum absolute atomic E-state index is 0.380. The number of esters is 1. The zero-order chi connectivity index (χ0) is 11.8. The molecule has 0 fully saturated rings. The molecule has 5 nitrogen and oxygen atoms in total. The molecule has 8 heteroatoms. The van der Waals surface area contributed by atoms with Gasteiger partial charge in [-0.15, -0.1) is 0 Å². The normalized spacial score (nSPS) is 11.5. The molecule has 2 N–H and O–H groups in total. The molecule has 0 aliphatic heterocycles. The summed E-state index contributed by atoms with van der Waals surface area (Å²) in [6, 6.07) is 0. The number of hydrogen-bond donors (Lipinski definition) is 1. The average Bonchev–Trinajstić information content (AvgIpc) is 2.42. The van der Waals surface area contributed by atoms with Crippen LogP contribution in [0.1, 0.15) is 16.1 Å². The van der Waals surface area contributed by atoms with Gasteiger partial charge in [0.1, 0.15) is 11.4 Å². The van der Waals surface area contributed by atoms with E-state index >= 15 is 0 Å². The lowest BCUT2D eigenvalue weighted by molar-refractivity contribution is -0.141. The summed E-state index contributed by atoms with van der Waals surface area (Å²) in [5, 5.41) is 3.12.